The highest BCUT2D eigenvalue weighted by Crippen LogP contribution is 2.43. The lowest BCUT2D eigenvalue weighted by molar-refractivity contribution is -0.870. The highest BCUT2D eigenvalue weighted by atomic mass is 31.2. The SMILES string of the molecule is CCCCCCC/C=C\CCCCCCCC(=O)NC(COP(=O)(O)OCC[N+](C)(C)C)C(O)C(O)CCC/C=C/CCCCCCCCC. The van der Waals surface area contributed by atoms with Gasteiger partial charge in [-0.15, -0.1) is 0 Å². The molecule has 0 aromatic heterocycles. The van der Waals surface area contributed by atoms with Crippen molar-refractivity contribution >= 4 is 13.7 Å². The molecular formula is C40H80N2O7P+. The summed E-state index contributed by atoms with van der Waals surface area (Å²) in [6, 6.07) is -1.05. The summed E-state index contributed by atoms with van der Waals surface area (Å²) in [5, 5.41) is 24.5. The number of hydrogen-bond acceptors (Lipinski definition) is 6. The Kier molecular flexibility index (Phi) is 31.9. The molecule has 0 saturated heterocycles. The quantitative estimate of drug-likeness (QED) is 0.0219. The van der Waals surface area contributed by atoms with E-state index < -0.39 is 32.7 Å². The van der Waals surface area contributed by atoms with Crippen LogP contribution in [0, 0.1) is 0 Å². The summed E-state index contributed by atoms with van der Waals surface area (Å²) >= 11 is 0. The second kappa shape index (κ2) is 32.6. The van der Waals surface area contributed by atoms with E-state index in [2.05, 4.69) is 43.5 Å². The number of likely N-dealkylation sites (N-methyl/N-ethyl adjacent to an activating group) is 1. The van der Waals surface area contributed by atoms with E-state index in [0.717, 1.165) is 44.9 Å². The Balaban J connectivity index is 4.64. The average molecular weight is 732 g/mol. The Hall–Kier alpha value is -1.06. The van der Waals surface area contributed by atoms with Crippen molar-refractivity contribution in [3.63, 3.8) is 0 Å². The first-order chi connectivity index (χ1) is 23.9. The molecule has 9 nitrogen and oxygen atoms in total. The fourth-order valence-electron chi connectivity index (χ4n) is 5.66. The van der Waals surface area contributed by atoms with Crippen LogP contribution in [-0.4, -0.2) is 84.6 Å². The number of rotatable bonds is 36. The lowest BCUT2D eigenvalue weighted by Gasteiger charge is -2.28. The van der Waals surface area contributed by atoms with Gasteiger partial charge >= 0.3 is 7.82 Å². The van der Waals surface area contributed by atoms with Gasteiger partial charge in [0.25, 0.3) is 0 Å². The molecule has 0 fully saturated rings. The Morgan fingerprint density at radius 1 is 0.680 bits per heavy atom. The molecule has 0 heterocycles. The van der Waals surface area contributed by atoms with Gasteiger partial charge in [0.15, 0.2) is 0 Å². The Labute approximate surface area is 307 Å². The smallest absolute Gasteiger partial charge is 0.390 e. The number of aliphatic hydroxyl groups is 2. The zero-order valence-electron chi connectivity index (χ0n) is 33.0. The first kappa shape index (κ1) is 48.9. The number of phosphoric ester groups is 1. The number of carbonyl (C=O) groups is 1. The van der Waals surface area contributed by atoms with Crippen LogP contribution in [0.15, 0.2) is 24.3 Å². The van der Waals surface area contributed by atoms with E-state index in [0.29, 0.717) is 30.3 Å². The standard InChI is InChI=1S/C40H79N2O7P/c1-6-8-10-12-14-16-18-20-21-23-25-27-29-31-33-39(44)41-37(36-49-50(46,47)48-35-34-42(3,4)5)40(45)38(43)32-30-28-26-24-22-19-17-15-13-11-9-7-2/h18,20,24,26,37-38,40,43,45H,6-17,19,21-23,25,27-36H2,1-5H3,(H-,41,44,46,47)/p+1/b20-18-,26-24+. The molecule has 1 amide bonds. The molecular weight excluding hydrogens is 651 g/mol. The van der Waals surface area contributed by atoms with Crippen LogP contribution in [0.25, 0.3) is 0 Å². The van der Waals surface area contributed by atoms with Crippen molar-refractivity contribution in [2.45, 2.75) is 186 Å². The van der Waals surface area contributed by atoms with Crippen molar-refractivity contribution < 1.29 is 38.0 Å². The average Bonchev–Trinajstić information content (AvgIpc) is 3.06. The van der Waals surface area contributed by atoms with Crippen molar-refractivity contribution in [1.82, 2.24) is 5.32 Å². The van der Waals surface area contributed by atoms with Gasteiger partial charge in [0.2, 0.25) is 5.91 Å². The van der Waals surface area contributed by atoms with Crippen LogP contribution in [0.5, 0.6) is 0 Å². The molecule has 50 heavy (non-hydrogen) atoms. The summed E-state index contributed by atoms with van der Waals surface area (Å²) in [7, 11) is 1.41. The number of amides is 1. The van der Waals surface area contributed by atoms with Crippen LogP contribution in [0.4, 0.5) is 0 Å². The van der Waals surface area contributed by atoms with E-state index >= 15 is 0 Å². The number of hydrogen-bond donors (Lipinski definition) is 4. The molecule has 0 aromatic rings. The van der Waals surface area contributed by atoms with E-state index in [9.17, 15) is 24.5 Å². The maximum Gasteiger partial charge on any atom is 0.472 e. The van der Waals surface area contributed by atoms with Gasteiger partial charge in [-0.2, -0.15) is 0 Å². The van der Waals surface area contributed by atoms with E-state index in [1.165, 1.54) is 83.5 Å². The Morgan fingerprint density at radius 3 is 1.60 bits per heavy atom. The van der Waals surface area contributed by atoms with E-state index in [4.69, 9.17) is 9.05 Å². The van der Waals surface area contributed by atoms with E-state index in [-0.39, 0.29) is 18.9 Å². The van der Waals surface area contributed by atoms with Crippen molar-refractivity contribution in [2.24, 2.45) is 0 Å². The molecule has 4 unspecified atom stereocenters. The first-order valence-electron chi connectivity index (χ1n) is 20.3. The zero-order chi connectivity index (χ0) is 37.4. The summed E-state index contributed by atoms with van der Waals surface area (Å²) in [6.45, 7) is 4.54. The fourth-order valence-corrected chi connectivity index (χ4v) is 6.40. The van der Waals surface area contributed by atoms with Crippen molar-refractivity contribution in [3.05, 3.63) is 24.3 Å². The maximum absolute atomic E-state index is 12.8. The third kappa shape index (κ3) is 32.8. The van der Waals surface area contributed by atoms with Gasteiger partial charge < -0.3 is 24.9 Å². The molecule has 0 saturated carbocycles. The Morgan fingerprint density at radius 2 is 1.12 bits per heavy atom. The maximum atomic E-state index is 12.8. The van der Waals surface area contributed by atoms with E-state index in [1.54, 1.807) is 0 Å². The number of quaternary nitrogens is 1. The van der Waals surface area contributed by atoms with Crippen LogP contribution in [-0.2, 0) is 18.4 Å². The predicted octanol–water partition coefficient (Wildman–Crippen LogP) is 9.55. The first-order valence-corrected chi connectivity index (χ1v) is 21.8. The molecule has 0 rings (SSSR count). The van der Waals surface area contributed by atoms with Crippen LogP contribution in [0.1, 0.15) is 168 Å². The second-order valence-corrected chi connectivity index (χ2v) is 16.6. The van der Waals surface area contributed by atoms with Gasteiger partial charge in [-0.05, 0) is 64.2 Å². The minimum atomic E-state index is -4.42. The van der Waals surface area contributed by atoms with Gasteiger partial charge in [-0.25, -0.2) is 4.57 Å². The number of nitrogens with one attached hydrogen (secondary N) is 1. The molecule has 0 aliphatic heterocycles. The van der Waals surface area contributed by atoms with Gasteiger partial charge in [-0.3, -0.25) is 13.8 Å². The largest absolute Gasteiger partial charge is 0.472 e. The number of nitrogens with zero attached hydrogens (tertiary/aromatic N) is 1. The molecule has 0 spiro atoms. The van der Waals surface area contributed by atoms with Crippen LogP contribution >= 0.6 is 7.82 Å². The summed E-state index contributed by atoms with van der Waals surface area (Å²) < 4.78 is 23.4. The number of unbranched alkanes of at least 4 members (excludes halogenated alkanes) is 18. The molecule has 0 aromatic carbocycles. The van der Waals surface area contributed by atoms with Crippen LogP contribution in [0.3, 0.4) is 0 Å². The summed E-state index contributed by atoms with van der Waals surface area (Å²) in [4.78, 5) is 23.1. The van der Waals surface area contributed by atoms with Crippen molar-refractivity contribution in [2.75, 3.05) is 40.9 Å². The number of allylic oxidation sites excluding steroid dienone is 4. The minimum Gasteiger partial charge on any atom is -0.390 e. The molecule has 0 radical (unpaired) electrons. The molecule has 0 bridgehead atoms. The van der Waals surface area contributed by atoms with Gasteiger partial charge in [0.1, 0.15) is 19.3 Å². The van der Waals surface area contributed by atoms with Crippen LogP contribution < -0.4 is 5.32 Å². The van der Waals surface area contributed by atoms with Crippen molar-refractivity contribution in [1.29, 1.82) is 0 Å². The Bertz CT molecular complexity index is 893. The normalized spacial score (nSPS) is 15.4. The van der Waals surface area contributed by atoms with Gasteiger partial charge in [0.05, 0.1) is 39.9 Å². The summed E-state index contributed by atoms with van der Waals surface area (Å²) in [5.41, 5.74) is 0. The highest BCUT2D eigenvalue weighted by molar-refractivity contribution is 7.47. The number of carbonyl (C=O) groups excluding carboxylic acids is 1. The molecule has 4 N–H and O–H groups in total. The number of phosphoric acid groups is 1. The van der Waals surface area contributed by atoms with Gasteiger partial charge in [0, 0.05) is 6.42 Å². The summed E-state index contributed by atoms with van der Waals surface area (Å²) in [5.74, 6) is -0.279. The molecule has 296 valence electrons. The van der Waals surface area contributed by atoms with Crippen molar-refractivity contribution in [3.8, 4) is 0 Å². The van der Waals surface area contributed by atoms with Gasteiger partial charge in [-0.1, -0.05) is 122 Å². The lowest BCUT2D eigenvalue weighted by Crippen LogP contribution is -2.51. The topological polar surface area (TPSA) is 125 Å². The molecule has 0 aliphatic rings. The highest BCUT2D eigenvalue weighted by Gasteiger charge is 2.31. The molecule has 4 atom stereocenters. The van der Waals surface area contributed by atoms with E-state index in [1.807, 2.05) is 21.1 Å². The molecule has 10 heteroatoms. The lowest BCUT2D eigenvalue weighted by atomic mass is 10.0. The number of aliphatic hydroxyl groups excluding tert-OH is 2. The van der Waals surface area contributed by atoms with Crippen LogP contribution in [0.2, 0.25) is 0 Å². The predicted molar refractivity (Wildman–Crippen MR) is 209 cm³/mol. The zero-order valence-corrected chi connectivity index (χ0v) is 33.9. The summed E-state index contributed by atoms with van der Waals surface area (Å²) in [6.07, 6.45) is 32.4. The fraction of sp³-hybridized carbons (Fsp3) is 0.875. The minimum absolute atomic E-state index is 0.0152. The third-order valence-electron chi connectivity index (χ3n) is 9.01. The monoisotopic (exact) mass is 732 g/mol. The second-order valence-electron chi connectivity index (χ2n) is 15.1. The molecule has 0 aliphatic carbocycles. The third-order valence-corrected chi connectivity index (χ3v) is 10.00.